The number of benzene rings is 1. The Labute approximate surface area is 148 Å². The van der Waals surface area contributed by atoms with Gasteiger partial charge in [0.2, 0.25) is 11.8 Å². The first-order valence-corrected chi connectivity index (χ1v) is 7.57. The lowest BCUT2D eigenvalue weighted by molar-refractivity contribution is 0.0998. The lowest BCUT2D eigenvalue weighted by atomic mass is 10.2. The summed E-state index contributed by atoms with van der Waals surface area (Å²) in [7, 11) is 0. The van der Waals surface area contributed by atoms with Gasteiger partial charge in [-0.15, -0.1) is 0 Å². The minimum Gasteiger partial charge on any atom is -0.491 e. The number of nitrogens with two attached hydrogens (primary N) is 1. The van der Waals surface area contributed by atoms with Crippen LogP contribution >= 0.6 is 11.6 Å². The number of nitrogens with zero attached hydrogens (tertiary/aromatic N) is 2. The molecule has 0 aliphatic rings. The van der Waals surface area contributed by atoms with Gasteiger partial charge in [-0.05, 0) is 32.0 Å². The number of primary amides is 1. The van der Waals surface area contributed by atoms with Crippen molar-refractivity contribution in [2.75, 3.05) is 0 Å². The van der Waals surface area contributed by atoms with E-state index < -0.39 is 11.7 Å². The summed E-state index contributed by atoms with van der Waals surface area (Å²) in [5.41, 5.74) is 5.56. The van der Waals surface area contributed by atoms with Gasteiger partial charge < -0.3 is 15.2 Å². The van der Waals surface area contributed by atoms with Crippen LogP contribution in [0, 0.1) is 11.3 Å². The zero-order valence-corrected chi connectivity index (χ0v) is 14.2. The molecule has 0 aliphatic heterocycles. The van der Waals surface area contributed by atoms with E-state index in [0.29, 0.717) is 5.75 Å². The average molecular weight is 360 g/mol. The van der Waals surface area contributed by atoms with Crippen molar-refractivity contribution in [1.82, 2.24) is 4.98 Å². The van der Waals surface area contributed by atoms with Gasteiger partial charge >= 0.3 is 0 Å². The maximum atomic E-state index is 11.5. The molecule has 0 bridgehead atoms. The van der Waals surface area contributed by atoms with Gasteiger partial charge in [0.05, 0.1) is 11.7 Å². The van der Waals surface area contributed by atoms with Crippen LogP contribution in [0.2, 0.25) is 5.02 Å². The van der Waals surface area contributed by atoms with Crippen LogP contribution in [0.3, 0.4) is 0 Å². The molecule has 25 heavy (non-hydrogen) atoms. The molecule has 128 valence electrons. The van der Waals surface area contributed by atoms with E-state index in [1.54, 1.807) is 6.07 Å². The Bertz CT molecular complexity index is 875. The van der Waals surface area contributed by atoms with E-state index in [-0.39, 0.29) is 33.9 Å². The minimum absolute atomic E-state index is 0.00766. The molecule has 0 saturated heterocycles. The molecule has 0 atom stereocenters. The molecule has 1 aromatic heterocycles. The van der Waals surface area contributed by atoms with E-state index in [4.69, 9.17) is 32.1 Å². The van der Waals surface area contributed by atoms with E-state index in [1.165, 1.54) is 30.5 Å². The second-order valence-electron chi connectivity index (χ2n) is 5.28. The second kappa shape index (κ2) is 7.64. The van der Waals surface area contributed by atoms with E-state index in [2.05, 4.69) is 4.98 Å². The Balaban J connectivity index is 2.36. The molecule has 1 aromatic carbocycles. The number of rotatable bonds is 6. The van der Waals surface area contributed by atoms with Crippen LogP contribution in [-0.2, 0) is 0 Å². The highest BCUT2D eigenvalue weighted by Gasteiger charge is 2.13. The predicted molar refractivity (Wildman–Crippen MR) is 90.0 cm³/mol. The molecule has 1 heterocycles. The molecule has 0 aliphatic carbocycles. The average Bonchev–Trinajstić information content (AvgIpc) is 2.55. The summed E-state index contributed by atoms with van der Waals surface area (Å²) < 4.78 is 11.1. The van der Waals surface area contributed by atoms with Gasteiger partial charge in [0, 0.05) is 17.8 Å². The van der Waals surface area contributed by atoms with Crippen LogP contribution in [0.5, 0.6) is 17.4 Å². The van der Waals surface area contributed by atoms with Gasteiger partial charge in [0.15, 0.2) is 0 Å². The van der Waals surface area contributed by atoms with Crippen molar-refractivity contribution < 1.29 is 19.1 Å². The predicted octanol–water partition coefficient (Wildman–Crippen LogP) is 3.12. The second-order valence-corrected chi connectivity index (χ2v) is 5.69. The first-order chi connectivity index (χ1) is 11.8. The molecule has 2 rings (SSSR count). The van der Waals surface area contributed by atoms with Gasteiger partial charge in [-0.1, -0.05) is 11.6 Å². The van der Waals surface area contributed by atoms with Crippen LogP contribution in [0.1, 0.15) is 34.6 Å². The monoisotopic (exact) mass is 359 g/mol. The molecule has 0 unspecified atom stereocenters. The van der Waals surface area contributed by atoms with Crippen LogP contribution in [0.4, 0.5) is 0 Å². The summed E-state index contributed by atoms with van der Waals surface area (Å²) in [6.45, 7) is 3.67. The number of hydrogen-bond acceptors (Lipinski definition) is 6. The highest BCUT2D eigenvalue weighted by molar-refractivity contribution is 6.32. The van der Waals surface area contributed by atoms with Crippen LogP contribution in [-0.4, -0.2) is 22.8 Å². The number of aromatic nitrogens is 1. The van der Waals surface area contributed by atoms with E-state index in [9.17, 15) is 9.59 Å². The largest absolute Gasteiger partial charge is 0.491 e. The van der Waals surface area contributed by atoms with E-state index in [1.807, 2.05) is 13.8 Å². The summed E-state index contributed by atoms with van der Waals surface area (Å²) in [5, 5.41) is 8.65. The third-order valence-electron chi connectivity index (χ3n) is 2.92. The first kappa shape index (κ1) is 18.2. The third kappa shape index (κ3) is 4.68. The minimum atomic E-state index is -0.760. The fourth-order valence-corrected chi connectivity index (χ4v) is 2.12. The highest BCUT2D eigenvalue weighted by Crippen LogP contribution is 2.31. The van der Waals surface area contributed by atoms with Crippen molar-refractivity contribution in [3.05, 3.63) is 46.6 Å². The maximum Gasteiger partial charge on any atom is 0.263 e. The van der Waals surface area contributed by atoms with Gasteiger partial charge in [-0.25, -0.2) is 4.98 Å². The fourth-order valence-electron chi connectivity index (χ4n) is 1.91. The van der Waals surface area contributed by atoms with Crippen molar-refractivity contribution in [2.45, 2.75) is 20.0 Å². The number of hydrogen-bond donors (Lipinski definition) is 1. The van der Waals surface area contributed by atoms with Gasteiger partial charge in [0.1, 0.15) is 22.6 Å². The van der Waals surface area contributed by atoms with Crippen molar-refractivity contribution in [3.63, 3.8) is 0 Å². The van der Waals surface area contributed by atoms with Crippen molar-refractivity contribution in [2.24, 2.45) is 5.73 Å². The Hall–Kier alpha value is -3.11. The molecule has 1 amide bonds. The molecular formula is C17H14ClN3O4. The fraction of sp³-hybridized carbons (Fsp3) is 0.176. The van der Waals surface area contributed by atoms with Crippen molar-refractivity contribution in [3.8, 4) is 23.4 Å². The van der Waals surface area contributed by atoms with Crippen LogP contribution in [0.15, 0.2) is 30.5 Å². The first-order valence-electron chi connectivity index (χ1n) is 7.19. The summed E-state index contributed by atoms with van der Waals surface area (Å²) in [5.74, 6) is -0.764. The van der Waals surface area contributed by atoms with E-state index >= 15 is 0 Å². The summed E-state index contributed by atoms with van der Waals surface area (Å²) in [4.78, 5) is 26.7. The summed E-state index contributed by atoms with van der Waals surface area (Å²) in [6.07, 6.45) is 1.06. The number of pyridine rings is 1. The third-order valence-corrected chi connectivity index (χ3v) is 3.19. The number of carbonyl (C=O) groups is 2. The van der Waals surface area contributed by atoms with Crippen LogP contribution < -0.4 is 15.2 Å². The lowest BCUT2D eigenvalue weighted by Gasteiger charge is -2.13. The molecule has 8 heteroatoms. The smallest absolute Gasteiger partial charge is 0.263 e. The Morgan fingerprint density at radius 3 is 2.44 bits per heavy atom. The van der Waals surface area contributed by atoms with E-state index in [0.717, 1.165) is 0 Å². The van der Waals surface area contributed by atoms with Crippen molar-refractivity contribution in [1.29, 1.82) is 5.26 Å². The molecule has 0 radical (unpaired) electrons. The lowest BCUT2D eigenvalue weighted by Crippen LogP contribution is -2.12. The number of carbonyl (C=O) groups excluding carboxylic acids is 2. The maximum absolute atomic E-state index is 11.5. The molecule has 7 nitrogen and oxygen atoms in total. The molecule has 2 N–H and O–H groups in total. The molecule has 2 aromatic rings. The number of halogens is 1. The van der Waals surface area contributed by atoms with Crippen LogP contribution in [0.25, 0.3) is 0 Å². The van der Waals surface area contributed by atoms with Gasteiger partial charge in [-0.3, -0.25) is 9.59 Å². The van der Waals surface area contributed by atoms with Gasteiger partial charge in [-0.2, -0.15) is 5.26 Å². The van der Waals surface area contributed by atoms with Gasteiger partial charge in [0.25, 0.3) is 5.78 Å². The molecule has 0 fully saturated rings. The Morgan fingerprint density at radius 1 is 1.20 bits per heavy atom. The quantitative estimate of drug-likeness (QED) is 0.625. The number of Topliss-reactive ketones (excluding diaryl/α,β-unsaturated/α-hetero) is 1. The Kier molecular flexibility index (Phi) is 5.57. The number of nitriles is 1. The normalized spacial score (nSPS) is 10.2. The number of ketones is 1. The highest BCUT2D eigenvalue weighted by atomic mass is 35.5. The molecular weight excluding hydrogens is 346 g/mol. The molecule has 0 spiro atoms. The Morgan fingerprint density at radius 2 is 1.88 bits per heavy atom. The zero-order valence-electron chi connectivity index (χ0n) is 13.4. The van der Waals surface area contributed by atoms with Crippen molar-refractivity contribution >= 4 is 23.3 Å². The SMILES string of the molecule is CC(C)Oc1cc(Oc2ncc(C(=O)C#N)cc2Cl)cc(C(N)=O)c1. The molecule has 0 saturated carbocycles. The number of ether oxygens (including phenoxy) is 2. The topological polar surface area (TPSA) is 115 Å². The summed E-state index contributed by atoms with van der Waals surface area (Å²) >= 11 is 6.03. The standard InChI is InChI=1S/C17H14ClN3O4/c1-9(2)24-12-3-10(16(20)23)4-13(6-12)25-17-14(18)5-11(8-21-17)15(22)7-19/h3-6,8-9H,1-2H3,(H2,20,23). The summed E-state index contributed by atoms with van der Waals surface area (Å²) in [6, 6.07) is 7.23. The zero-order chi connectivity index (χ0) is 18.6. The number of amides is 1.